The van der Waals surface area contributed by atoms with Crippen molar-refractivity contribution in [2.45, 2.75) is 24.4 Å². The SMILES string of the molecule is CC(c1ccc(S(C)(=O)=O)cc1)N(C)Cc1cccc(F)c1. The molecule has 5 heteroatoms. The van der Waals surface area contributed by atoms with Gasteiger partial charge in [-0.3, -0.25) is 4.90 Å². The Morgan fingerprint density at radius 1 is 1.14 bits per heavy atom. The molecule has 22 heavy (non-hydrogen) atoms. The molecular formula is C17H20FNO2S. The van der Waals surface area contributed by atoms with Crippen LogP contribution in [0.5, 0.6) is 0 Å². The van der Waals surface area contributed by atoms with E-state index in [2.05, 4.69) is 4.90 Å². The van der Waals surface area contributed by atoms with Crippen molar-refractivity contribution in [1.82, 2.24) is 4.90 Å². The van der Waals surface area contributed by atoms with Gasteiger partial charge in [0.1, 0.15) is 5.82 Å². The fraction of sp³-hybridized carbons (Fsp3) is 0.294. The van der Waals surface area contributed by atoms with Crippen LogP contribution in [0.25, 0.3) is 0 Å². The first-order valence-electron chi connectivity index (χ1n) is 7.02. The minimum absolute atomic E-state index is 0.0943. The van der Waals surface area contributed by atoms with E-state index in [1.165, 1.54) is 18.4 Å². The van der Waals surface area contributed by atoms with Gasteiger partial charge in [-0.2, -0.15) is 0 Å². The maximum atomic E-state index is 13.2. The summed E-state index contributed by atoms with van der Waals surface area (Å²) in [5.41, 5.74) is 1.92. The Balaban J connectivity index is 2.12. The molecule has 0 fully saturated rings. The highest BCUT2D eigenvalue weighted by molar-refractivity contribution is 7.90. The Bertz CT molecular complexity index is 742. The lowest BCUT2D eigenvalue weighted by atomic mass is 10.1. The molecule has 0 aromatic heterocycles. The molecule has 0 heterocycles. The van der Waals surface area contributed by atoms with Gasteiger partial charge in [-0.25, -0.2) is 12.8 Å². The van der Waals surface area contributed by atoms with E-state index in [1.54, 1.807) is 18.2 Å². The minimum Gasteiger partial charge on any atom is -0.295 e. The van der Waals surface area contributed by atoms with Gasteiger partial charge in [-0.15, -0.1) is 0 Å². The van der Waals surface area contributed by atoms with E-state index in [0.717, 1.165) is 11.1 Å². The molecule has 2 rings (SSSR count). The van der Waals surface area contributed by atoms with E-state index in [-0.39, 0.29) is 11.9 Å². The fourth-order valence-corrected chi connectivity index (χ4v) is 2.94. The van der Waals surface area contributed by atoms with Crippen molar-refractivity contribution in [3.05, 3.63) is 65.5 Å². The standard InChI is InChI=1S/C17H20FNO2S/c1-13(15-7-9-17(10-8-15)22(3,20)21)19(2)12-14-5-4-6-16(18)11-14/h4-11,13H,12H2,1-3H3. The highest BCUT2D eigenvalue weighted by atomic mass is 32.2. The molecule has 0 radical (unpaired) electrons. The average molecular weight is 321 g/mol. The third-order valence-corrected chi connectivity index (χ3v) is 4.90. The van der Waals surface area contributed by atoms with Crippen LogP contribution in [0.1, 0.15) is 24.1 Å². The zero-order chi connectivity index (χ0) is 16.3. The van der Waals surface area contributed by atoms with Crippen LogP contribution in [0, 0.1) is 5.82 Å². The summed E-state index contributed by atoms with van der Waals surface area (Å²) >= 11 is 0. The zero-order valence-electron chi connectivity index (χ0n) is 13.0. The first kappa shape index (κ1) is 16.6. The van der Waals surface area contributed by atoms with Crippen LogP contribution in [-0.2, 0) is 16.4 Å². The van der Waals surface area contributed by atoms with Gasteiger partial charge in [0.05, 0.1) is 4.90 Å². The third-order valence-electron chi connectivity index (χ3n) is 3.77. The lowest BCUT2D eigenvalue weighted by Crippen LogP contribution is -2.22. The second-order valence-electron chi connectivity index (χ2n) is 5.56. The van der Waals surface area contributed by atoms with Gasteiger partial charge in [-0.1, -0.05) is 24.3 Å². The quantitative estimate of drug-likeness (QED) is 0.847. The molecule has 0 aliphatic heterocycles. The summed E-state index contributed by atoms with van der Waals surface area (Å²) in [4.78, 5) is 2.40. The summed E-state index contributed by atoms with van der Waals surface area (Å²) in [6.07, 6.45) is 1.20. The molecule has 0 saturated heterocycles. The molecule has 0 bridgehead atoms. The number of benzene rings is 2. The maximum absolute atomic E-state index is 13.2. The lowest BCUT2D eigenvalue weighted by Gasteiger charge is -2.25. The summed E-state index contributed by atoms with van der Waals surface area (Å²) in [5.74, 6) is -0.240. The second-order valence-corrected chi connectivity index (χ2v) is 7.58. The molecule has 0 saturated carbocycles. The van der Waals surface area contributed by atoms with E-state index in [4.69, 9.17) is 0 Å². The topological polar surface area (TPSA) is 37.4 Å². The summed E-state index contributed by atoms with van der Waals surface area (Å²) in [6.45, 7) is 2.65. The number of sulfone groups is 1. The van der Waals surface area contributed by atoms with Gasteiger partial charge in [0.15, 0.2) is 9.84 Å². The smallest absolute Gasteiger partial charge is 0.175 e. The van der Waals surface area contributed by atoms with E-state index in [1.807, 2.05) is 32.2 Å². The molecule has 1 atom stereocenters. The van der Waals surface area contributed by atoms with Crippen LogP contribution >= 0.6 is 0 Å². The van der Waals surface area contributed by atoms with Crippen molar-refractivity contribution in [3.63, 3.8) is 0 Å². The number of hydrogen-bond donors (Lipinski definition) is 0. The number of hydrogen-bond acceptors (Lipinski definition) is 3. The molecule has 0 N–H and O–H groups in total. The predicted molar refractivity (Wildman–Crippen MR) is 85.8 cm³/mol. The lowest BCUT2D eigenvalue weighted by molar-refractivity contribution is 0.252. The van der Waals surface area contributed by atoms with E-state index < -0.39 is 9.84 Å². The molecule has 1 unspecified atom stereocenters. The minimum atomic E-state index is -3.17. The number of rotatable bonds is 5. The van der Waals surface area contributed by atoms with E-state index in [9.17, 15) is 12.8 Å². The normalized spacial score (nSPS) is 13.3. The molecular weight excluding hydrogens is 301 g/mol. The molecule has 2 aromatic rings. The van der Waals surface area contributed by atoms with Crippen molar-refractivity contribution in [2.24, 2.45) is 0 Å². The van der Waals surface area contributed by atoms with Crippen molar-refractivity contribution in [2.75, 3.05) is 13.3 Å². The zero-order valence-corrected chi connectivity index (χ0v) is 13.8. The van der Waals surface area contributed by atoms with Crippen molar-refractivity contribution >= 4 is 9.84 Å². The van der Waals surface area contributed by atoms with Crippen molar-refractivity contribution in [3.8, 4) is 0 Å². The van der Waals surface area contributed by atoms with Crippen LogP contribution in [0.3, 0.4) is 0 Å². The number of nitrogens with zero attached hydrogens (tertiary/aromatic N) is 1. The second kappa shape index (κ2) is 6.58. The molecule has 0 spiro atoms. The third kappa shape index (κ3) is 4.15. The number of halogens is 1. The van der Waals surface area contributed by atoms with Crippen LogP contribution in [-0.4, -0.2) is 26.6 Å². The Kier molecular flexibility index (Phi) is 4.98. The van der Waals surface area contributed by atoms with Gasteiger partial charge in [-0.05, 0) is 49.4 Å². The first-order valence-corrected chi connectivity index (χ1v) is 8.91. The Morgan fingerprint density at radius 3 is 2.32 bits per heavy atom. The maximum Gasteiger partial charge on any atom is 0.175 e. The Hall–Kier alpha value is -1.72. The molecule has 0 aliphatic rings. The van der Waals surface area contributed by atoms with Crippen molar-refractivity contribution < 1.29 is 12.8 Å². The van der Waals surface area contributed by atoms with Gasteiger partial charge >= 0.3 is 0 Å². The monoisotopic (exact) mass is 321 g/mol. The molecule has 0 amide bonds. The van der Waals surface area contributed by atoms with Crippen molar-refractivity contribution in [1.29, 1.82) is 0 Å². The molecule has 118 valence electrons. The summed E-state index contributed by atoms with van der Waals surface area (Å²) in [6, 6.07) is 13.5. The highest BCUT2D eigenvalue weighted by Crippen LogP contribution is 2.22. The molecule has 0 aliphatic carbocycles. The van der Waals surface area contributed by atoms with E-state index in [0.29, 0.717) is 11.4 Å². The van der Waals surface area contributed by atoms with Gasteiger partial charge < -0.3 is 0 Å². The van der Waals surface area contributed by atoms with Gasteiger partial charge in [0.2, 0.25) is 0 Å². The Morgan fingerprint density at radius 2 is 1.77 bits per heavy atom. The summed E-state index contributed by atoms with van der Waals surface area (Å²) in [5, 5.41) is 0. The van der Waals surface area contributed by atoms with Gasteiger partial charge in [0.25, 0.3) is 0 Å². The van der Waals surface area contributed by atoms with E-state index >= 15 is 0 Å². The fourth-order valence-electron chi connectivity index (χ4n) is 2.31. The van der Waals surface area contributed by atoms with Gasteiger partial charge in [0, 0.05) is 18.8 Å². The summed E-state index contributed by atoms with van der Waals surface area (Å²) in [7, 11) is -1.22. The first-order chi connectivity index (χ1) is 10.3. The predicted octanol–water partition coefficient (Wildman–Crippen LogP) is 3.42. The highest BCUT2D eigenvalue weighted by Gasteiger charge is 2.14. The Labute approximate surface area is 131 Å². The van der Waals surface area contributed by atoms with Crippen LogP contribution < -0.4 is 0 Å². The van der Waals surface area contributed by atoms with Crippen LogP contribution in [0.4, 0.5) is 4.39 Å². The van der Waals surface area contributed by atoms with Crippen LogP contribution in [0.15, 0.2) is 53.4 Å². The average Bonchev–Trinajstić information content (AvgIpc) is 2.45. The summed E-state index contributed by atoms with van der Waals surface area (Å²) < 4.78 is 36.2. The largest absolute Gasteiger partial charge is 0.295 e. The molecule has 3 nitrogen and oxygen atoms in total. The molecule has 2 aromatic carbocycles. The van der Waals surface area contributed by atoms with Crippen LogP contribution in [0.2, 0.25) is 0 Å².